The number of sulfonamides is 1. The molecule has 2 aromatic carbocycles. The predicted molar refractivity (Wildman–Crippen MR) is 101 cm³/mol. The molecule has 5 nitrogen and oxygen atoms in total. The van der Waals surface area contributed by atoms with Crippen molar-refractivity contribution in [3.8, 4) is 0 Å². The molecule has 0 bridgehead atoms. The summed E-state index contributed by atoms with van der Waals surface area (Å²) in [5.41, 5.74) is 0.197. The Morgan fingerprint density at radius 1 is 1.00 bits per heavy atom. The highest BCUT2D eigenvalue weighted by molar-refractivity contribution is 7.89. The number of nitrogens with one attached hydrogen (secondary N) is 2. The summed E-state index contributed by atoms with van der Waals surface area (Å²) in [6.07, 6.45) is 0. The van der Waals surface area contributed by atoms with Gasteiger partial charge in [0.1, 0.15) is 4.90 Å². The van der Waals surface area contributed by atoms with Gasteiger partial charge in [0.05, 0.1) is 26.8 Å². The van der Waals surface area contributed by atoms with E-state index in [1.165, 1.54) is 25.1 Å². The van der Waals surface area contributed by atoms with Crippen LogP contribution in [0.2, 0.25) is 20.1 Å². The lowest BCUT2D eigenvalue weighted by atomic mass is 10.3. The van der Waals surface area contributed by atoms with Gasteiger partial charge >= 0.3 is 0 Å². The molecule has 134 valence electrons. The first-order valence-corrected chi connectivity index (χ1v) is 9.83. The van der Waals surface area contributed by atoms with Gasteiger partial charge in [0.2, 0.25) is 15.9 Å². The van der Waals surface area contributed by atoms with Crippen LogP contribution in [0.1, 0.15) is 6.92 Å². The summed E-state index contributed by atoms with van der Waals surface area (Å²) in [5, 5.41) is 3.13. The maximum Gasteiger partial charge on any atom is 0.242 e. The number of rotatable bonds is 5. The molecule has 0 saturated carbocycles. The lowest BCUT2D eigenvalue weighted by Gasteiger charge is -2.16. The molecule has 0 aliphatic carbocycles. The summed E-state index contributed by atoms with van der Waals surface area (Å²) in [5.74, 6) is -0.642. The van der Waals surface area contributed by atoms with E-state index in [4.69, 9.17) is 46.4 Å². The fourth-order valence-corrected chi connectivity index (χ4v) is 4.34. The van der Waals surface area contributed by atoms with Crippen LogP contribution in [0.5, 0.6) is 0 Å². The number of halogens is 4. The Labute approximate surface area is 165 Å². The van der Waals surface area contributed by atoms with Gasteiger partial charge in [-0.15, -0.1) is 0 Å². The van der Waals surface area contributed by atoms with Crippen LogP contribution in [0.3, 0.4) is 0 Å². The number of anilines is 1. The Morgan fingerprint density at radius 3 is 2.20 bits per heavy atom. The molecule has 1 unspecified atom stereocenters. The fourth-order valence-electron chi connectivity index (χ4n) is 1.88. The van der Waals surface area contributed by atoms with Crippen molar-refractivity contribution in [2.24, 2.45) is 0 Å². The van der Waals surface area contributed by atoms with E-state index in [-0.39, 0.29) is 30.7 Å². The first kappa shape index (κ1) is 20.3. The minimum absolute atomic E-state index is 0.0151. The third-order valence-corrected chi connectivity index (χ3v) is 6.01. The van der Waals surface area contributed by atoms with E-state index in [0.717, 1.165) is 0 Å². The van der Waals surface area contributed by atoms with E-state index in [1.54, 1.807) is 18.2 Å². The van der Waals surface area contributed by atoms with Crippen LogP contribution in [0.15, 0.2) is 41.3 Å². The van der Waals surface area contributed by atoms with E-state index < -0.39 is 22.0 Å². The molecule has 25 heavy (non-hydrogen) atoms. The van der Waals surface area contributed by atoms with Crippen molar-refractivity contribution in [2.45, 2.75) is 17.9 Å². The van der Waals surface area contributed by atoms with Crippen LogP contribution in [0.25, 0.3) is 0 Å². The highest BCUT2D eigenvalue weighted by Gasteiger charge is 2.25. The number of benzene rings is 2. The largest absolute Gasteiger partial charge is 0.322 e. The van der Waals surface area contributed by atoms with E-state index >= 15 is 0 Å². The van der Waals surface area contributed by atoms with Crippen molar-refractivity contribution in [1.29, 1.82) is 0 Å². The van der Waals surface area contributed by atoms with E-state index in [2.05, 4.69) is 10.0 Å². The normalized spacial score (nSPS) is 12.7. The molecule has 2 aromatic rings. The number of para-hydroxylation sites is 1. The highest BCUT2D eigenvalue weighted by Crippen LogP contribution is 2.30. The van der Waals surface area contributed by atoms with Crippen molar-refractivity contribution in [1.82, 2.24) is 4.72 Å². The monoisotopic (exact) mass is 440 g/mol. The van der Waals surface area contributed by atoms with Crippen LogP contribution in [0, 0.1) is 0 Å². The Kier molecular flexibility index (Phi) is 6.59. The second-order valence-electron chi connectivity index (χ2n) is 5.00. The molecule has 1 atom stereocenters. The fraction of sp³-hybridized carbons (Fsp3) is 0.133. The minimum atomic E-state index is -4.06. The lowest BCUT2D eigenvalue weighted by molar-refractivity contribution is -0.117. The van der Waals surface area contributed by atoms with Crippen LogP contribution in [0.4, 0.5) is 5.69 Å². The lowest BCUT2D eigenvalue weighted by Crippen LogP contribution is -2.41. The van der Waals surface area contributed by atoms with Crippen molar-refractivity contribution in [3.63, 3.8) is 0 Å². The number of carbonyl (C=O) groups excluding carboxylic acids is 1. The number of carbonyl (C=O) groups is 1. The molecule has 0 aromatic heterocycles. The average Bonchev–Trinajstić information content (AvgIpc) is 2.52. The smallest absolute Gasteiger partial charge is 0.242 e. The summed E-state index contributed by atoms with van der Waals surface area (Å²) >= 11 is 23.7. The Hall–Kier alpha value is -1.02. The Bertz CT molecular complexity index is 899. The van der Waals surface area contributed by atoms with E-state index in [0.29, 0.717) is 0 Å². The molecule has 0 heterocycles. The molecule has 2 N–H and O–H groups in total. The summed E-state index contributed by atoms with van der Waals surface area (Å²) in [6, 6.07) is 7.60. The zero-order valence-electron chi connectivity index (χ0n) is 12.7. The molecule has 1 amide bonds. The molecular weight excluding hydrogens is 430 g/mol. The van der Waals surface area contributed by atoms with Crippen LogP contribution < -0.4 is 10.0 Å². The topological polar surface area (TPSA) is 75.3 Å². The van der Waals surface area contributed by atoms with Gasteiger partial charge in [-0.25, -0.2) is 8.42 Å². The molecule has 0 aliphatic rings. The van der Waals surface area contributed by atoms with Gasteiger partial charge in [0.25, 0.3) is 0 Å². The SMILES string of the molecule is CC(NS(=O)(=O)c1cc(Cl)ccc1Cl)C(=O)Nc1c(Cl)cccc1Cl. The first-order chi connectivity index (χ1) is 11.6. The van der Waals surface area contributed by atoms with Crippen molar-refractivity contribution >= 4 is 68.0 Å². The second kappa shape index (κ2) is 8.12. The van der Waals surface area contributed by atoms with E-state index in [9.17, 15) is 13.2 Å². The minimum Gasteiger partial charge on any atom is -0.322 e. The van der Waals surface area contributed by atoms with Crippen LogP contribution >= 0.6 is 46.4 Å². The van der Waals surface area contributed by atoms with Crippen molar-refractivity contribution in [2.75, 3.05) is 5.32 Å². The van der Waals surface area contributed by atoms with Gasteiger partial charge in [-0.2, -0.15) is 4.72 Å². The van der Waals surface area contributed by atoms with E-state index in [1.807, 2.05) is 0 Å². The molecule has 0 spiro atoms. The van der Waals surface area contributed by atoms with Crippen molar-refractivity contribution in [3.05, 3.63) is 56.5 Å². The molecule has 0 fully saturated rings. The summed E-state index contributed by atoms with van der Waals surface area (Å²) in [7, 11) is -4.06. The van der Waals surface area contributed by atoms with Crippen LogP contribution in [-0.4, -0.2) is 20.4 Å². The summed E-state index contributed by atoms with van der Waals surface area (Å²) in [6.45, 7) is 1.37. The number of hydrogen-bond acceptors (Lipinski definition) is 3. The zero-order chi connectivity index (χ0) is 18.8. The molecule has 0 radical (unpaired) electrons. The van der Waals surface area contributed by atoms with Gasteiger partial charge < -0.3 is 5.32 Å². The predicted octanol–water partition coefficient (Wildman–Crippen LogP) is 4.61. The van der Waals surface area contributed by atoms with Gasteiger partial charge in [0.15, 0.2) is 0 Å². The molecule has 0 saturated heterocycles. The quantitative estimate of drug-likeness (QED) is 0.711. The first-order valence-electron chi connectivity index (χ1n) is 6.84. The van der Waals surface area contributed by atoms with Gasteiger partial charge in [-0.3, -0.25) is 4.79 Å². The highest BCUT2D eigenvalue weighted by atomic mass is 35.5. The van der Waals surface area contributed by atoms with Gasteiger partial charge in [-0.1, -0.05) is 52.5 Å². The molecule has 0 aliphatic heterocycles. The molecule has 10 heteroatoms. The third kappa shape index (κ3) is 5.00. The standard InChI is InChI=1S/C15H12Cl4N2O3S/c1-8(15(22)20-14-11(18)3-2-4-12(14)19)21-25(23,24)13-7-9(16)5-6-10(13)17/h2-8,21H,1H3,(H,20,22). The Balaban J connectivity index is 2.19. The maximum absolute atomic E-state index is 12.4. The van der Waals surface area contributed by atoms with Gasteiger partial charge in [0, 0.05) is 5.02 Å². The summed E-state index contributed by atoms with van der Waals surface area (Å²) in [4.78, 5) is 12.0. The molecule has 2 rings (SSSR count). The third-order valence-electron chi connectivity index (χ3n) is 3.12. The number of hydrogen-bond donors (Lipinski definition) is 2. The van der Waals surface area contributed by atoms with Crippen LogP contribution in [-0.2, 0) is 14.8 Å². The number of amides is 1. The molecular formula is C15H12Cl4N2O3S. The summed E-state index contributed by atoms with van der Waals surface area (Å²) < 4.78 is 27.1. The zero-order valence-corrected chi connectivity index (χ0v) is 16.5. The van der Waals surface area contributed by atoms with Gasteiger partial charge in [-0.05, 0) is 37.3 Å². The van der Waals surface area contributed by atoms with Crippen molar-refractivity contribution < 1.29 is 13.2 Å². The average molecular weight is 442 g/mol. The second-order valence-corrected chi connectivity index (χ2v) is 8.34. The Morgan fingerprint density at radius 2 is 1.60 bits per heavy atom. The maximum atomic E-state index is 12.4.